The van der Waals surface area contributed by atoms with E-state index in [0.717, 1.165) is 71.3 Å². The van der Waals surface area contributed by atoms with Crippen LogP contribution >= 0.6 is 0 Å². The average molecular weight is 1040 g/mol. The summed E-state index contributed by atoms with van der Waals surface area (Å²) in [6.07, 6.45) is 4.52. The van der Waals surface area contributed by atoms with Gasteiger partial charge < -0.3 is 14.2 Å². The molecule has 0 spiro atoms. The predicted octanol–water partition coefficient (Wildman–Crippen LogP) is 18.9. The normalized spacial score (nSPS) is 17.4. The minimum Gasteiger partial charge on any atom is -0.440 e. The van der Waals surface area contributed by atoms with Crippen molar-refractivity contribution >= 4 is 85.5 Å². The summed E-state index contributed by atoms with van der Waals surface area (Å²) in [7, 11) is 0. The fourth-order valence-corrected chi connectivity index (χ4v) is 14.0. The zero-order valence-electron chi connectivity index (χ0n) is 49.3. The van der Waals surface area contributed by atoms with Gasteiger partial charge in [0.05, 0.1) is 11.4 Å². The molecule has 0 bridgehead atoms. The maximum atomic E-state index is 7.85. The number of hydrogen-bond donors (Lipinski definition) is 0. The molecule has 79 heavy (non-hydrogen) atoms. The van der Waals surface area contributed by atoms with Crippen LogP contribution in [0.3, 0.4) is 0 Å². The molecule has 3 heterocycles. The molecule has 13 rings (SSSR count). The Bertz CT molecular complexity index is 3830. The lowest BCUT2D eigenvalue weighted by Gasteiger charge is -2.47. The van der Waals surface area contributed by atoms with E-state index in [1.807, 2.05) is 0 Å². The van der Waals surface area contributed by atoms with Crippen molar-refractivity contribution in [2.75, 3.05) is 14.7 Å². The molecule has 9 aromatic rings. The summed E-state index contributed by atoms with van der Waals surface area (Å²) in [6.45, 7) is 33.5. The number of furan rings is 1. The molecule has 2 aliphatic carbocycles. The number of nitrogens with zero attached hydrogens (tertiary/aromatic N) is 3. The van der Waals surface area contributed by atoms with Gasteiger partial charge in [0.25, 0.3) is 6.71 Å². The molecular weight excluding hydrogens is 958 g/mol. The van der Waals surface area contributed by atoms with Crippen LogP contribution in [0.2, 0.25) is 0 Å². The molecule has 398 valence electrons. The molecule has 0 saturated carbocycles. The average Bonchev–Trinajstić information content (AvgIpc) is 2.74. The van der Waals surface area contributed by atoms with Gasteiger partial charge >= 0.3 is 0 Å². The third-order valence-corrected chi connectivity index (χ3v) is 19.1. The summed E-state index contributed by atoms with van der Waals surface area (Å²) < 4.78 is 7.85. The second kappa shape index (κ2) is 17.6. The molecule has 4 nitrogen and oxygen atoms in total. The predicted molar refractivity (Wildman–Crippen MR) is 338 cm³/mol. The van der Waals surface area contributed by atoms with E-state index in [1.165, 1.54) is 77.7 Å². The van der Waals surface area contributed by atoms with Gasteiger partial charge in [-0.25, -0.2) is 0 Å². The maximum Gasteiger partial charge on any atom is 0.257 e. The molecule has 4 aliphatic rings. The Morgan fingerprint density at radius 1 is 0.430 bits per heavy atom. The Labute approximate surface area is 471 Å². The molecule has 8 aromatic carbocycles. The first-order valence-electron chi connectivity index (χ1n) is 29.2. The molecule has 0 unspecified atom stereocenters. The minimum absolute atomic E-state index is 0.00338. The van der Waals surface area contributed by atoms with Crippen molar-refractivity contribution < 1.29 is 4.42 Å². The lowest BCUT2D eigenvalue weighted by Crippen LogP contribution is -2.61. The number of benzene rings is 8. The molecule has 5 heteroatoms. The van der Waals surface area contributed by atoms with Gasteiger partial charge in [-0.15, -0.1) is 0 Å². The minimum atomic E-state index is -0.161. The smallest absolute Gasteiger partial charge is 0.257 e. The summed E-state index contributed by atoms with van der Waals surface area (Å²) in [5, 5.41) is 1.21. The monoisotopic (exact) mass is 1040 g/mol. The summed E-state index contributed by atoms with van der Waals surface area (Å²) in [5.41, 5.74) is 24.4. The molecule has 0 atom stereocenters. The third kappa shape index (κ3) is 8.22. The van der Waals surface area contributed by atoms with Gasteiger partial charge in [-0.05, 0) is 187 Å². The molecule has 2 aliphatic heterocycles. The molecule has 0 saturated heterocycles. The fourth-order valence-electron chi connectivity index (χ4n) is 14.0. The van der Waals surface area contributed by atoms with E-state index in [2.05, 4.69) is 281 Å². The van der Waals surface area contributed by atoms with E-state index in [0.29, 0.717) is 0 Å². The highest BCUT2D eigenvalue weighted by Gasteiger charge is 2.50. The van der Waals surface area contributed by atoms with Crippen molar-refractivity contribution in [2.24, 2.45) is 0 Å². The van der Waals surface area contributed by atoms with Crippen LogP contribution in [-0.4, -0.2) is 6.71 Å². The molecule has 0 radical (unpaired) electrons. The second-order valence-electron chi connectivity index (χ2n) is 28.4. The van der Waals surface area contributed by atoms with E-state index in [4.69, 9.17) is 4.42 Å². The standard InChI is InChI=1S/C74H78BN3O/c1-69(2,3)48-30-33-52(34-31-48)77-62-45-58-57(72(9,10)37-38-73(58,11)12)44-60(62)75-66-55-43-56-59(74(13,14)39-36-71(56,7)8)46-65(55)79-68(66)78(61-35-32-49(70(4,5)6)40-54(61)47-24-18-15-19-25-47)64-42-53(41-63(77)67(64)75)76(50-26-20-16-21-27-50)51-28-22-17-23-29-51/h15-35,40-46H,36-39H2,1-14H3. The van der Waals surface area contributed by atoms with Gasteiger partial charge in [0.15, 0.2) is 0 Å². The molecule has 1 aromatic heterocycles. The van der Waals surface area contributed by atoms with Gasteiger partial charge in [-0.3, -0.25) is 4.90 Å². The third-order valence-electron chi connectivity index (χ3n) is 19.1. The highest BCUT2D eigenvalue weighted by atomic mass is 16.4. The fraction of sp³-hybridized carbons (Fsp3) is 0.324. The first-order valence-corrected chi connectivity index (χ1v) is 29.2. The van der Waals surface area contributed by atoms with E-state index < -0.39 is 0 Å². The van der Waals surface area contributed by atoms with Crippen molar-refractivity contribution in [2.45, 2.75) is 155 Å². The Morgan fingerprint density at radius 2 is 0.911 bits per heavy atom. The zero-order valence-corrected chi connectivity index (χ0v) is 49.3. The van der Waals surface area contributed by atoms with Crippen LogP contribution in [0.15, 0.2) is 174 Å². The quantitative estimate of drug-likeness (QED) is 0.155. The van der Waals surface area contributed by atoms with Crippen molar-refractivity contribution in [1.29, 1.82) is 0 Å². The zero-order chi connectivity index (χ0) is 55.3. The van der Waals surface area contributed by atoms with Crippen molar-refractivity contribution in [1.82, 2.24) is 0 Å². The summed E-state index contributed by atoms with van der Waals surface area (Å²) in [6, 6.07) is 65.0. The first kappa shape index (κ1) is 51.2. The highest BCUT2D eigenvalue weighted by molar-refractivity contribution is 7.01. The first-order chi connectivity index (χ1) is 37.4. The lowest BCUT2D eigenvalue weighted by molar-refractivity contribution is 0.332. The Morgan fingerprint density at radius 3 is 1.46 bits per heavy atom. The number of para-hydroxylation sites is 2. The highest BCUT2D eigenvalue weighted by Crippen LogP contribution is 2.55. The molecule has 0 amide bonds. The topological polar surface area (TPSA) is 22.9 Å². The van der Waals surface area contributed by atoms with E-state index in [9.17, 15) is 0 Å². The van der Waals surface area contributed by atoms with Crippen LogP contribution in [0.1, 0.15) is 156 Å². The molecule has 0 N–H and O–H groups in total. The van der Waals surface area contributed by atoms with Crippen LogP contribution in [0, 0.1) is 0 Å². The van der Waals surface area contributed by atoms with Gasteiger partial charge in [-0.2, -0.15) is 0 Å². The Kier molecular flexibility index (Phi) is 11.4. The molecule has 0 fully saturated rings. The van der Waals surface area contributed by atoms with Crippen molar-refractivity contribution in [3.8, 4) is 11.1 Å². The van der Waals surface area contributed by atoms with Crippen LogP contribution in [0.5, 0.6) is 0 Å². The van der Waals surface area contributed by atoms with Crippen LogP contribution in [-0.2, 0) is 32.5 Å². The van der Waals surface area contributed by atoms with Crippen LogP contribution in [0.4, 0.5) is 51.4 Å². The lowest BCUT2D eigenvalue weighted by atomic mass is 9.33. The Hall–Kier alpha value is -7.24. The number of anilines is 9. The van der Waals surface area contributed by atoms with Gasteiger partial charge in [-0.1, -0.05) is 188 Å². The van der Waals surface area contributed by atoms with Gasteiger partial charge in [0.1, 0.15) is 5.58 Å². The van der Waals surface area contributed by atoms with Crippen molar-refractivity contribution in [3.05, 3.63) is 203 Å². The van der Waals surface area contributed by atoms with Gasteiger partial charge in [0.2, 0.25) is 5.88 Å². The number of rotatable bonds is 6. The van der Waals surface area contributed by atoms with E-state index in [1.54, 1.807) is 0 Å². The van der Waals surface area contributed by atoms with Crippen molar-refractivity contribution in [3.63, 3.8) is 0 Å². The maximum absolute atomic E-state index is 7.85. The summed E-state index contributed by atoms with van der Waals surface area (Å²) in [5.74, 6) is 0.895. The number of fused-ring (bicyclic) bond motifs is 8. The van der Waals surface area contributed by atoms with Crippen LogP contribution < -0.4 is 31.1 Å². The largest absolute Gasteiger partial charge is 0.440 e. The number of hydrogen-bond acceptors (Lipinski definition) is 4. The van der Waals surface area contributed by atoms with Crippen LogP contribution in [0.25, 0.3) is 22.1 Å². The molecular formula is C74H78BN3O. The second-order valence-corrected chi connectivity index (χ2v) is 28.4. The SMILES string of the molecule is CC(C)(C)c1ccc(N2c3cc4c(cc3B3c5c2cc(N(c2ccccc2)c2ccccc2)cc5N(c2ccc(C(C)(C)C)cc2-c2ccccc2)c2oc5cc6c(cc5c23)C(C)(C)CCC6(C)C)C(C)(C)CCC4(C)C)cc1. The van der Waals surface area contributed by atoms with Gasteiger partial charge in [0, 0.05) is 50.5 Å². The summed E-state index contributed by atoms with van der Waals surface area (Å²) in [4.78, 5) is 7.64. The Balaban J connectivity index is 1.23. The summed E-state index contributed by atoms with van der Waals surface area (Å²) >= 11 is 0. The van der Waals surface area contributed by atoms with E-state index in [-0.39, 0.29) is 39.2 Å². The van der Waals surface area contributed by atoms with E-state index >= 15 is 0 Å².